The number of halogens is 1. The molecule has 0 aliphatic heterocycles. The summed E-state index contributed by atoms with van der Waals surface area (Å²) in [5.74, 6) is 2.93. The number of nitro groups is 1. The van der Waals surface area contributed by atoms with Crippen molar-refractivity contribution in [3.8, 4) is 12.3 Å². The molecule has 0 aliphatic carbocycles. The fourth-order valence-electron chi connectivity index (χ4n) is 1.44. The van der Waals surface area contributed by atoms with Gasteiger partial charge < -0.3 is 4.98 Å². The molecule has 0 amide bonds. The number of imidazole rings is 1. The van der Waals surface area contributed by atoms with E-state index in [1.54, 1.807) is 6.07 Å². The molecule has 1 aromatic carbocycles. The van der Waals surface area contributed by atoms with Crippen molar-refractivity contribution in [3.05, 3.63) is 33.1 Å². The number of nitrogens with zero attached hydrogens (tertiary/aromatic N) is 2. The van der Waals surface area contributed by atoms with Crippen molar-refractivity contribution in [1.29, 1.82) is 0 Å². The number of nitrogens with one attached hydrogen (secondary N) is 1. The number of H-pyrrole nitrogens is 1. The standard InChI is InChI=1S/C10H6ClN3O2/c1-2-3-8-12-7-5-4-6(11)10(14(15)16)9(7)13-8/h1,4-5H,3H2,(H,12,13). The summed E-state index contributed by atoms with van der Waals surface area (Å²) in [6, 6.07) is 3.09. The Labute approximate surface area is 95.6 Å². The van der Waals surface area contributed by atoms with Crippen LogP contribution in [-0.2, 0) is 6.42 Å². The molecule has 2 rings (SSSR count). The minimum atomic E-state index is -0.550. The van der Waals surface area contributed by atoms with Crippen LogP contribution < -0.4 is 0 Å². The predicted octanol–water partition coefficient (Wildman–Crippen LogP) is 2.30. The van der Waals surface area contributed by atoms with Crippen LogP contribution in [0.4, 0.5) is 5.69 Å². The Morgan fingerprint density at radius 3 is 3.00 bits per heavy atom. The van der Waals surface area contributed by atoms with Crippen molar-refractivity contribution in [1.82, 2.24) is 9.97 Å². The molecule has 0 atom stereocenters. The number of terminal acetylenes is 1. The second-order valence-electron chi connectivity index (χ2n) is 3.11. The van der Waals surface area contributed by atoms with E-state index in [4.69, 9.17) is 18.0 Å². The number of hydrogen-bond donors (Lipinski definition) is 1. The van der Waals surface area contributed by atoms with Gasteiger partial charge in [-0.05, 0) is 12.1 Å². The third-order valence-corrected chi connectivity index (χ3v) is 2.38. The van der Waals surface area contributed by atoms with Gasteiger partial charge in [0, 0.05) is 0 Å². The zero-order valence-corrected chi connectivity index (χ0v) is 8.78. The zero-order chi connectivity index (χ0) is 11.7. The molecule has 0 bridgehead atoms. The Morgan fingerprint density at radius 2 is 2.38 bits per heavy atom. The van der Waals surface area contributed by atoms with Crippen LogP contribution in [-0.4, -0.2) is 14.9 Å². The monoisotopic (exact) mass is 235 g/mol. The molecule has 1 heterocycles. The molecule has 80 valence electrons. The fourth-order valence-corrected chi connectivity index (χ4v) is 1.66. The zero-order valence-electron chi connectivity index (χ0n) is 8.03. The van der Waals surface area contributed by atoms with Crippen molar-refractivity contribution in [3.63, 3.8) is 0 Å². The van der Waals surface area contributed by atoms with Crippen LogP contribution in [0, 0.1) is 22.5 Å². The van der Waals surface area contributed by atoms with E-state index in [-0.39, 0.29) is 16.2 Å². The van der Waals surface area contributed by atoms with Crippen molar-refractivity contribution < 1.29 is 4.92 Å². The lowest BCUT2D eigenvalue weighted by molar-refractivity contribution is -0.383. The summed E-state index contributed by atoms with van der Waals surface area (Å²) >= 11 is 5.75. The minimum absolute atomic E-state index is 0.0660. The number of nitro benzene ring substituents is 1. The van der Waals surface area contributed by atoms with E-state index < -0.39 is 4.92 Å². The number of benzene rings is 1. The molecule has 2 aromatic rings. The smallest absolute Gasteiger partial charge is 0.315 e. The van der Waals surface area contributed by atoms with Gasteiger partial charge in [0.15, 0.2) is 5.52 Å². The van der Waals surface area contributed by atoms with Crippen molar-refractivity contribution in [2.24, 2.45) is 0 Å². The maximum absolute atomic E-state index is 10.8. The fraction of sp³-hybridized carbons (Fsp3) is 0.100. The van der Waals surface area contributed by atoms with Crippen molar-refractivity contribution >= 4 is 28.3 Å². The van der Waals surface area contributed by atoms with Crippen LogP contribution in [0.1, 0.15) is 5.82 Å². The van der Waals surface area contributed by atoms with E-state index in [1.165, 1.54) is 6.07 Å². The molecule has 1 aromatic heterocycles. The van der Waals surface area contributed by atoms with E-state index in [1.807, 2.05) is 0 Å². The normalized spacial score (nSPS) is 10.2. The molecule has 0 saturated heterocycles. The first-order valence-electron chi connectivity index (χ1n) is 4.38. The maximum Gasteiger partial charge on any atom is 0.315 e. The summed E-state index contributed by atoms with van der Waals surface area (Å²) < 4.78 is 0. The molecule has 0 aliphatic rings. The first kappa shape index (κ1) is 10.5. The lowest BCUT2D eigenvalue weighted by Gasteiger charge is -1.94. The highest BCUT2D eigenvalue weighted by molar-refractivity contribution is 6.33. The average molecular weight is 236 g/mol. The van der Waals surface area contributed by atoms with Crippen LogP contribution in [0.25, 0.3) is 11.0 Å². The number of aromatic amines is 1. The first-order valence-corrected chi connectivity index (χ1v) is 4.76. The Kier molecular flexibility index (Phi) is 2.50. The SMILES string of the molecule is C#CCc1nc2c([N+](=O)[O-])c(Cl)ccc2[nH]1. The second kappa shape index (κ2) is 3.83. The summed E-state index contributed by atoms with van der Waals surface area (Å²) in [6.45, 7) is 0. The first-order chi connectivity index (χ1) is 7.63. The Morgan fingerprint density at radius 1 is 1.62 bits per heavy atom. The number of aromatic nitrogens is 2. The quantitative estimate of drug-likeness (QED) is 0.493. The van der Waals surface area contributed by atoms with E-state index in [9.17, 15) is 10.1 Å². The van der Waals surface area contributed by atoms with E-state index in [2.05, 4.69) is 15.9 Å². The lowest BCUT2D eigenvalue weighted by atomic mass is 10.3. The molecular weight excluding hydrogens is 230 g/mol. The van der Waals surface area contributed by atoms with Gasteiger partial charge in [-0.3, -0.25) is 10.1 Å². The molecule has 16 heavy (non-hydrogen) atoms. The maximum atomic E-state index is 10.8. The Balaban J connectivity index is 2.73. The number of fused-ring (bicyclic) bond motifs is 1. The highest BCUT2D eigenvalue weighted by Crippen LogP contribution is 2.31. The van der Waals surface area contributed by atoms with Crippen LogP contribution >= 0.6 is 11.6 Å². The molecule has 0 fully saturated rings. The molecule has 0 radical (unpaired) electrons. The highest BCUT2D eigenvalue weighted by atomic mass is 35.5. The lowest BCUT2D eigenvalue weighted by Crippen LogP contribution is -1.90. The highest BCUT2D eigenvalue weighted by Gasteiger charge is 2.20. The van der Waals surface area contributed by atoms with Crippen LogP contribution in [0.3, 0.4) is 0 Å². The number of rotatable bonds is 2. The molecule has 5 nitrogen and oxygen atoms in total. The molecule has 6 heteroatoms. The van der Waals surface area contributed by atoms with Crippen molar-refractivity contribution in [2.45, 2.75) is 6.42 Å². The number of hydrogen-bond acceptors (Lipinski definition) is 3. The predicted molar refractivity (Wildman–Crippen MR) is 60.3 cm³/mol. The average Bonchev–Trinajstić information content (AvgIpc) is 2.59. The molecule has 0 unspecified atom stereocenters. The Bertz CT molecular complexity index is 612. The minimum Gasteiger partial charge on any atom is -0.341 e. The topological polar surface area (TPSA) is 71.8 Å². The third-order valence-electron chi connectivity index (χ3n) is 2.08. The largest absolute Gasteiger partial charge is 0.341 e. The van der Waals surface area contributed by atoms with Gasteiger partial charge in [-0.25, -0.2) is 4.98 Å². The van der Waals surface area contributed by atoms with Gasteiger partial charge in [0.05, 0.1) is 16.9 Å². The van der Waals surface area contributed by atoms with E-state index >= 15 is 0 Å². The van der Waals surface area contributed by atoms with Crippen LogP contribution in [0.5, 0.6) is 0 Å². The van der Waals surface area contributed by atoms with Gasteiger partial charge in [-0.1, -0.05) is 17.5 Å². The second-order valence-corrected chi connectivity index (χ2v) is 3.52. The van der Waals surface area contributed by atoms with Gasteiger partial charge >= 0.3 is 5.69 Å². The summed E-state index contributed by atoms with van der Waals surface area (Å²) in [5.41, 5.74) is 0.600. The summed E-state index contributed by atoms with van der Waals surface area (Å²) in [7, 11) is 0. The molecule has 0 saturated carbocycles. The van der Waals surface area contributed by atoms with Gasteiger partial charge in [0.25, 0.3) is 0 Å². The van der Waals surface area contributed by atoms with Gasteiger partial charge in [0.1, 0.15) is 10.8 Å². The summed E-state index contributed by atoms with van der Waals surface area (Å²) in [5, 5.41) is 10.9. The molecule has 1 N–H and O–H groups in total. The molecular formula is C10H6ClN3O2. The summed E-state index contributed by atoms with van der Waals surface area (Å²) in [4.78, 5) is 17.2. The van der Waals surface area contributed by atoms with Gasteiger partial charge in [0.2, 0.25) is 0 Å². The van der Waals surface area contributed by atoms with Gasteiger partial charge in [-0.2, -0.15) is 0 Å². The third kappa shape index (κ3) is 1.59. The molecule has 0 spiro atoms. The van der Waals surface area contributed by atoms with Crippen LogP contribution in [0.2, 0.25) is 5.02 Å². The van der Waals surface area contributed by atoms with E-state index in [0.717, 1.165) is 0 Å². The van der Waals surface area contributed by atoms with Crippen LogP contribution in [0.15, 0.2) is 12.1 Å². The van der Waals surface area contributed by atoms with Gasteiger partial charge in [-0.15, -0.1) is 6.42 Å². The Hall–Kier alpha value is -2.06. The van der Waals surface area contributed by atoms with E-state index in [0.29, 0.717) is 17.8 Å². The van der Waals surface area contributed by atoms with Crippen molar-refractivity contribution in [2.75, 3.05) is 0 Å². The summed E-state index contributed by atoms with van der Waals surface area (Å²) in [6.07, 6.45) is 5.44.